The molecule has 0 bridgehead atoms. The minimum atomic E-state index is 0.214. The molecule has 0 aliphatic rings. The van der Waals surface area contributed by atoms with Gasteiger partial charge < -0.3 is 5.32 Å². The van der Waals surface area contributed by atoms with Gasteiger partial charge in [-0.1, -0.05) is 111 Å². The van der Waals surface area contributed by atoms with Crippen LogP contribution in [0.3, 0.4) is 0 Å². The number of rotatable bonds is 20. The zero-order valence-corrected chi connectivity index (χ0v) is 18.3. The molecule has 0 radical (unpaired) electrons. The van der Waals surface area contributed by atoms with Gasteiger partial charge in [-0.05, 0) is 19.5 Å². The second-order valence-corrected chi connectivity index (χ2v) is 7.76. The minimum absolute atomic E-state index is 0.214. The summed E-state index contributed by atoms with van der Waals surface area (Å²) >= 11 is 0. The summed E-state index contributed by atoms with van der Waals surface area (Å²) in [5, 5.41) is 3.02. The van der Waals surface area contributed by atoms with Crippen molar-refractivity contribution < 1.29 is 4.79 Å². The van der Waals surface area contributed by atoms with E-state index in [1.807, 2.05) is 0 Å². The average Bonchev–Trinajstić information content (AvgIpc) is 2.65. The molecule has 0 aliphatic heterocycles. The van der Waals surface area contributed by atoms with Gasteiger partial charge in [0.1, 0.15) is 0 Å². The summed E-state index contributed by atoms with van der Waals surface area (Å²) in [6, 6.07) is 0. The van der Waals surface area contributed by atoms with Crippen molar-refractivity contribution in [3.8, 4) is 0 Å². The first-order valence-corrected chi connectivity index (χ1v) is 11.7. The van der Waals surface area contributed by atoms with Crippen molar-refractivity contribution in [3.63, 3.8) is 0 Å². The quantitative estimate of drug-likeness (QED) is 0.192. The Morgan fingerprint density at radius 3 is 1.38 bits per heavy atom. The largest absolute Gasteiger partial charge is 0.343 e. The van der Waals surface area contributed by atoms with Crippen LogP contribution in [-0.2, 0) is 4.79 Å². The first-order chi connectivity index (χ1) is 12.7. The Morgan fingerprint density at radius 1 is 0.615 bits per heavy atom. The van der Waals surface area contributed by atoms with E-state index in [4.69, 9.17) is 0 Å². The van der Waals surface area contributed by atoms with Crippen molar-refractivity contribution >= 4 is 5.91 Å². The van der Waals surface area contributed by atoms with E-state index in [9.17, 15) is 4.79 Å². The van der Waals surface area contributed by atoms with Crippen LogP contribution in [-0.4, -0.2) is 30.6 Å². The topological polar surface area (TPSA) is 32.3 Å². The lowest BCUT2D eigenvalue weighted by Crippen LogP contribution is -2.37. The number of unbranched alkanes of at least 4 members (excludes halogenated alkanes) is 14. The van der Waals surface area contributed by atoms with Crippen LogP contribution in [0.5, 0.6) is 0 Å². The van der Waals surface area contributed by atoms with Crippen LogP contribution >= 0.6 is 0 Å². The van der Waals surface area contributed by atoms with Crippen LogP contribution < -0.4 is 5.32 Å². The maximum atomic E-state index is 11.8. The Bertz CT molecular complexity index is 290. The van der Waals surface area contributed by atoms with Gasteiger partial charge in [0.2, 0.25) is 5.91 Å². The minimum Gasteiger partial charge on any atom is -0.343 e. The summed E-state index contributed by atoms with van der Waals surface area (Å²) in [6.07, 6.45) is 21.2. The molecule has 0 aromatic carbocycles. The molecule has 0 saturated carbocycles. The molecule has 0 aromatic heterocycles. The van der Waals surface area contributed by atoms with Crippen molar-refractivity contribution in [1.29, 1.82) is 0 Å². The lowest BCUT2D eigenvalue weighted by atomic mass is 10.0. The third-order valence-electron chi connectivity index (χ3n) is 5.40. The van der Waals surface area contributed by atoms with E-state index < -0.39 is 0 Å². The molecule has 0 unspecified atom stereocenters. The summed E-state index contributed by atoms with van der Waals surface area (Å²) in [7, 11) is 0. The Hall–Kier alpha value is -0.570. The van der Waals surface area contributed by atoms with Crippen LogP contribution in [0.2, 0.25) is 0 Å². The van der Waals surface area contributed by atoms with Crippen LogP contribution in [0, 0.1) is 0 Å². The van der Waals surface area contributed by atoms with E-state index in [2.05, 4.69) is 31.0 Å². The monoisotopic (exact) mass is 368 g/mol. The fourth-order valence-electron chi connectivity index (χ4n) is 3.39. The molecule has 0 saturated heterocycles. The van der Waals surface area contributed by atoms with E-state index in [1.54, 1.807) is 0 Å². The number of hydrogen-bond acceptors (Lipinski definition) is 2. The molecule has 0 aliphatic carbocycles. The molecule has 3 heteroatoms. The zero-order chi connectivity index (χ0) is 19.3. The predicted molar refractivity (Wildman–Crippen MR) is 115 cm³/mol. The Morgan fingerprint density at radius 2 is 1.00 bits per heavy atom. The van der Waals surface area contributed by atoms with Crippen molar-refractivity contribution in [3.05, 3.63) is 0 Å². The molecule has 3 nitrogen and oxygen atoms in total. The van der Waals surface area contributed by atoms with E-state index in [0.29, 0.717) is 13.1 Å². The molecular weight excluding hydrogens is 320 g/mol. The van der Waals surface area contributed by atoms with E-state index >= 15 is 0 Å². The molecule has 1 N–H and O–H groups in total. The summed E-state index contributed by atoms with van der Waals surface area (Å²) in [5.41, 5.74) is 0. The third-order valence-corrected chi connectivity index (χ3v) is 5.40. The third kappa shape index (κ3) is 18.2. The molecule has 0 rings (SSSR count). The summed E-state index contributed by atoms with van der Waals surface area (Å²) in [4.78, 5) is 14.0. The highest BCUT2D eigenvalue weighted by Crippen LogP contribution is 2.13. The molecule has 0 aromatic rings. The highest BCUT2D eigenvalue weighted by atomic mass is 16.1. The van der Waals surface area contributed by atoms with Crippen molar-refractivity contribution in [1.82, 2.24) is 10.2 Å². The first-order valence-electron chi connectivity index (χ1n) is 11.7. The van der Waals surface area contributed by atoms with Gasteiger partial charge in [0.15, 0.2) is 0 Å². The normalized spacial score (nSPS) is 11.2. The Kier molecular flexibility index (Phi) is 20.3. The molecule has 0 spiro atoms. The summed E-state index contributed by atoms with van der Waals surface area (Å²) in [5.74, 6) is 0.214. The fourth-order valence-corrected chi connectivity index (χ4v) is 3.39. The number of carbonyl (C=O) groups excluding carboxylic acids is 1. The van der Waals surface area contributed by atoms with Gasteiger partial charge in [0.05, 0.1) is 6.67 Å². The van der Waals surface area contributed by atoms with Crippen LogP contribution in [0.1, 0.15) is 124 Å². The second kappa shape index (κ2) is 20.7. The highest BCUT2D eigenvalue weighted by Gasteiger charge is 2.03. The molecule has 0 atom stereocenters. The summed E-state index contributed by atoms with van der Waals surface area (Å²) in [6.45, 7) is 9.23. The van der Waals surface area contributed by atoms with E-state index in [1.165, 1.54) is 89.9 Å². The zero-order valence-electron chi connectivity index (χ0n) is 18.3. The number of nitrogens with zero attached hydrogens (tertiary/aromatic N) is 1. The van der Waals surface area contributed by atoms with Gasteiger partial charge in [-0.25, -0.2) is 0 Å². The molecule has 26 heavy (non-hydrogen) atoms. The fraction of sp³-hybridized carbons (Fsp3) is 0.957. The van der Waals surface area contributed by atoms with Crippen LogP contribution in [0.15, 0.2) is 0 Å². The van der Waals surface area contributed by atoms with Crippen molar-refractivity contribution in [2.45, 2.75) is 124 Å². The van der Waals surface area contributed by atoms with Crippen molar-refractivity contribution in [2.75, 3.05) is 19.8 Å². The summed E-state index contributed by atoms with van der Waals surface area (Å²) < 4.78 is 0. The highest BCUT2D eigenvalue weighted by molar-refractivity contribution is 5.75. The van der Waals surface area contributed by atoms with Gasteiger partial charge in [-0.15, -0.1) is 0 Å². The van der Waals surface area contributed by atoms with E-state index in [0.717, 1.165) is 19.5 Å². The Balaban J connectivity index is 3.18. The maximum absolute atomic E-state index is 11.8. The molecule has 156 valence electrons. The van der Waals surface area contributed by atoms with Gasteiger partial charge in [-0.3, -0.25) is 9.69 Å². The average molecular weight is 369 g/mol. The number of carbonyl (C=O) groups is 1. The predicted octanol–water partition coefficient (Wildman–Crippen LogP) is 6.66. The SMILES string of the molecule is CCCCCCCCCCCCCCCCCC(=O)NCN(CC)CC. The number of nitrogens with one attached hydrogen (secondary N) is 1. The van der Waals surface area contributed by atoms with Gasteiger partial charge >= 0.3 is 0 Å². The molecule has 0 fully saturated rings. The molecule has 1 amide bonds. The number of hydrogen-bond donors (Lipinski definition) is 1. The van der Waals surface area contributed by atoms with Crippen LogP contribution in [0.4, 0.5) is 0 Å². The van der Waals surface area contributed by atoms with Gasteiger partial charge in [0, 0.05) is 6.42 Å². The molecular formula is C23H48N2O. The van der Waals surface area contributed by atoms with Crippen LogP contribution in [0.25, 0.3) is 0 Å². The van der Waals surface area contributed by atoms with Gasteiger partial charge in [0.25, 0.3) is 0 Å². The first kappa shape index (κ1) is 25.4. The maximum Gasteiger partial charge on any atom is 0.220 e. The lowest BCUT2D eigenvalue weighted by molar-refractivity contribution is -0.121. The van der Waals surface area contributed by atoms with Crippen molar-refractivity contribution in [2.24, 2.45) is 0 Å². The standard InChI is InChI=1S/C23H48N2O/c1-4-7-8-9-10-11-12-13-14-15-16-17-18-19-20-21-23(26)24-22-25(5-2)6-3/h4-22H2,1-3H3,(H,24,26). The van der Waals surface area contributed by atoms with Gasteiger partial charge in [-0.2, -0.15) is 0 Å². The lowest BCUT2D eigenvalue weighted by Gasteiger charge is -2.18. The molecule has 0 heterocycles. The smallest absolute Gasteiger partial charge is 0.220 e. The second-order valence-electron chi connectivity index (χ2n) is 7.76. The van der Waals surface area contributed by atoms with E-state index in [-0.39, 0.29) is 5.91 Å². The Labute approximate surface area is 164 Å². The number of amides is 1.